The third-order valence-corrected chi connectivity index (χ3v) is 15.2. The van der Waals surface area contributed by atoms with E-state index < -0.39 is 0 Å². The minimum Gasteiger partial charge on any atom is -0.309 e. The monoisotopic (exact) mass is 903 g/mol. The summed E-state index contributed by atoms with van der Waals surface area (Å²) in [6, 6.07) is 91.5. The van der Waals surface area contributed by atoms with Crippen LogP contribution >= 0.6 is 0 Å². The highest BCUT2D eigenvalue weighted by atomic mass is 15.0. The van der Waals surface area contributed by atoms with Crippen LogP contribution in [0.5, 0.6) is 0 Å². The smallest absolute Gasteiger partial charge is 0.0641 e. The lowest BCUT2D eigenvalue weighted by atomic mass is 10.1. The van der Waals surface area contributed by atoms with Crippen LogP contribution in [0.15, 0.2) is 249 Å². The summed E-state index contributed by atoms with van der Waals surface area (Å²) in [6.07, 6.45) is 0. The normalized spacial score (nSPS) is 12.2. The maximum absolute atomic E-state index is 2.52. The molecule has 0 aliphatic heterocycles. The second kappa shape index (κ2) is 14.5. The van der Waals surface area contributed by atoms with Crippen molar-refractivity contribution in [2.45, 2.75) is 0 Å². The van der Waals surface area contributed by atoms with Gasteiger partial charge >= 0.3 is 0 Å². The molecule has 0 atom stereocenters. The van der Waals surface area contributed by atoms with Gasteiger partial charge in [0, 0.05) is 82.3 Å². The van der Waals surface area contributed by atoms with Gasteiger partial charge in [0.1, 0.15) is 0 Å². The van der Waals surface area contributed by atoms with Crippen LogP contribution in [0.3, 0.4) is 0 Å². The molecular weight excluding hydrogens is 863 g/mol. The second-order valence-corrected chi connectivity index (χ2v) is 18.9. The third kappa shape index (κ3) is 5.29. The fraction of sp³-hybridized carbons (Fsp3) is 0. The maximum atomic E-state index is 2.52. The lowest BCUT2D eigenvalue weighted by Gasteiger charge is -2.14. The summed E-state index contributed by atoms with van der Waals surface area (Å²) in [6.45, 7) is 0. The van der Waals surface area contributed by atoms with E-state index >= 15 is 0 Å². The quantitative estimate of drug-likeness (QED) is 0.164. The largest absolute Gasteiger partial charge is 0.309 e. The van der Waals surface area contributed by atoms with Crippen LogP contribution in [0.1, 0.15) is 0 Å². The number of aromatic nitrogens is 5. The zero-order valence-electron chi connectivity index (χ0n) is 38.4. The summed E-state index contributed by atoms with van der Waals surface area (Å²) < 4.78 is 12.3. The van der Waals surface area contributed by atoms with Gasteiger partial charge in [-0.25, -0.2) is 0 Å². The van der Waals surface area contributed by atoms with E-state index in [0.29, 0.717) is 0 Å². The Hall–Kier alpha value is -9.58. The molecule has 0 aliphatic rings. The van der Waals surface area contributed by atoms with Crippen LogP contribution < -0.4 is 0 Å². The van der Waals surface area contributed by atoms with Crippen LogP contribution in [-0.4, -0.2) is 22.8 Å². The van der Waals surface area contributed by atoms with Gasteiger partial charge in [0.05, 0.1) is 55.2 Å². The predicted molar refractivity (Wildman–Crippen MR) is 298 cm³/mol. The third-order valence-electron chi connectivity index (χ3n) is 15.2. The van der Waals surface area contributed by atoms with Crippen molar-refractivity contribution in [2.24, 2.45) is 0 Å². The average Bonchev–Trinajstić information content (AvgIpc) is 4.22. The summed E-state index contributed by atoms with van der Waals surface area (Å²) in [5.41, 5.74) is 17.5. The summed E-state index contributed by atoms with van der Waals surface area (Å²) in [5.74, 6) is 0. The summed E-state index contributed by atoms with van der Waals surface area (Å²) in [5, 5.41) is 12.4. The molecule has 5 aromatic heterocycles. The molecule has 5 heterocycles. The first kappa shape index (κ1) is 38.4. The average molecular weight is 904 g/mol. The second-order valence-electron chi connectivity index (χ2n) is 18.9. The van der Waals surface area contributed by atoms with Crippen LogP contribution in [0, 0.1) is 0 Å². The highest BCUT2D eigenvalue weighted by Gasteiger charge is 2.23. The van der Waals surface area contributed by atoms with E-state index in [4.69, 9.17) is 0 Å². The van der Waals surface area contributed by atoms with Gasteiger partial charge < -0.3 is 22.8 Å². The Morgan fingerprint density at radius 2 is 0.493 bits per heavy atom. The molecule has 0 radical (unpaired) electrons. The van der Waals surface area contributed by atoms with Gasteiger partial charge in [-0.2, -0.15) is 0 Å². The molecule has 16 rings (SSSR count). The zero-order chi connectivity index (χ0) is 46.3. The van der Waals surface area contributed by atoms with Crippen LogP contribution in [0.25, 0.3) is 137 Å². The van der Waals surface area contributed by atoms with Crippen LogP contribution in [-0.2, 0) is 0 Å². The zero-order valence-corrected chi connectivity index (χ0v) is 38.4. The van der Waals surface area contributed by atoms with E-state index in [1.165, 1.54) is 109 Å². The molecule has 0 N–H and O–H groups in total. The minimum absolute atomic E-state index is 1.11. The number of benzene rings is 11. The van der Waals surface area contributed by atoms with E-state index in [-0.39, 0.29) is 0 Å². The van der Waals surface area contributed by atoms with E-state index in [2.05, 4.69) is 272 Å². The molecule has 0 saturated carbocycles. The maximum Gasteiger partial charge on any atom is 0.0641 e. The molecule has 330 valence electrons. The Morgan fingerprint density at radius 3 is 0.986 bits per heavy atom. The number of hydrogen-bond donors (Lipinski definition) is 0. The summed E-state index contributed by atoms with van der Waals surface area (Å²) in [4.78, 5) is 0. The summed E-state index contributed by atoms with van der Waals surface area (Å²) in [7, 11) is 0. The van der Waals surface area contributed by atoms with Gasteiger partial charge in [0.25, 0.3) is 0 Å². The van der Waals surface area contributed by atoms with E-state index in [0.717, 1.165) is 28.4 Å². The lowest BCUT2D eigenvalue weighted by molar-refractivity contribution is 1.13. The van der Waals surface area contributed by atoms with Gasteiger partial charge in [-0.15, -0.1) is 0 Å². The first-order valence-electron chi connectivity index (χ1n) is 24.4. The van der Waals surface area contributed by atoms with E-state index in [9.17, 15) is 0 Å². The standard InChI is InChI=1S/C66H41N5/c1-2-18-42(19-3-1)67-58-32-12-7-27-50(58)54-41-64-55(40-63(54)67)51-28-8-13-33-59(51)70(64)45-22-17-23-46(39-45)71-60-34-14-6-26-49(60)52-36-37-62-65(66(52)71)53-29-9-15-35-61(53)69(62)44-21-16-20-43(38-44)68-56-30-10-4-24-47(56)48-25-5-11-31-57(48)68/h1-41H. The molecule has 0 saturated heterocycles. The molecule has 0 unspecified atom stereocenters. The van der Waals surface area contributed by atoms with Crippen molar-refractivity contribution in [3.63, 3.8) is 0 Å². The van der Waals surface area contributed by atoms with Gasteiger partial charge in [-0.05, 0) is 103 Å². The van der Waals surface area contributed by atoms with Gasteiger partial charge in [0.2, 0.25) is 0 Å². The first-order chi connectivity index (χ1) is 35.3. The number of hydrogen-bond acceptors (Lipinski definition) is 0. The predicted octanol–water partition coefficient (Wildman–Crippen LogP) is 17.2. The topological polar surface area (TPSA) is 24.6 Å². The van der Waals surface area contributed by atoms with E-state index in [1.807, 2.05) is 0 Å². The molecule has 0 aliphatic carbocycles. The number of para-hydroxylation sites is 7. The minimum atomic E-state index is 1.11. The van der Waals surface area contributed by atoms with Gasteiger partial charge in [-0.1, -0.05) is 146 Å². The Balaban J connectivity index is 0.941. The van der Waals surface area contributed by atoms with Crippen molar-refractivity contribution in [3.8, 4) is 28.4 Å². The highest BCUT2D eigenvalue weighted by molar-refractivity contribution is 6.26. The van der Waals surface area contributed by atoms with Crippen molar-refractivity contribution < 1.29 is 0 Å². The van der Waals surface area contributed by atoms with Gasteiger partial charge in [-0.3, -0.25) is 0 Å². The molecule has 5 heteroatoms. The lowest BCUT2D eigenvalue weighted by Crippen LogP contribution is -1.99. The molecule has 0 amide bonds. The number of rotatable bonds is 5. The Kier molecular flexibility index (Phi) is 7.82. The van der Waals surface area contributed by atoms with Crippen molar-refractivity contribution in [2.75, 3.05) is 0 Å². The molecule has 0 bridgehead atoms. The van der Waals surface area contributed by atoms with Crippen molar-refractivity contribution in [1.29, 1.82) is 0 Å². The number of nitrogens with zero attached hydrogens (tertiary/aromatic N) is 5. The Bertz CT molecular complexity index is 4830. The van der Waals surface area contributed by atoms with Crippen molar-refractivity contribution >= 4 is 109 Å². The van der Waals surface area contributed by atoms with Crippen LogP contribution in [0.2, 0.25) is 0 Å². The molecule has 16 aromatic rings. The molecule has 11 aromatic carbocycles. The number of fused-ring (bicyclic) bond motifs is 16. The molecule has 0 spiro atoms. The van der Waals surface area contributed by atoms with Crippen LogP contribution in [0.4, 0.5) is 0 Å². The fourth-order valence-electron chi connectivity index (χ4n) is 12.4. The fourth-order valence-corrected chi connectivity index (χ4v) is 12.4. The van der Waals surface area contributed by atoms with Gasteiger partial charge in [0.15, 0.2) is 0 Å². The Labute approximate surface area is 407 Å². The molecule has 0 fully saturated rings. The van der Waals surface area contributed by atoms with Crippen molar-refractivity contribution in [3.05, 3.63) is 249 Å². The van der Waals surface area contributed by atoms with E-state index in [1.54, 1.807) is 0 Å². The summed E-state index contributed by atoms with van der Waals surface area (Å²) >= 11 is 0. The highest BCUT2D eigenvalue weighted by Crippen LogP contribution is 2.44. The molecular formula is C66H41N5. The molecule has 71 heavy (non-hydrogen) atoms. The van der Waals surface area contributed by atoms with Crippen molar-refractivity contribution in [1.82, 2.24) is 22.8 Å². The Morgan fingerprint density at radius 1 is 0.169 bits per heavy atom. The first-order valence-corrected chi connectivity index (χ1v) is 24.4. The molecule has 5 nitrogen and oxygen atoms in total. The SMILES string of the molecule is c1ccc(-n2c3ccccc3c3cc4c(cc32)c2ccccc2n4-c2cccc(-n3c4ccccc4c4ccc5c(c6ccccc6n5-c5cccc(-n6c7ccccc7c7ccccc76)c5)c43)c2)cc1.